The van der Waals surface area contributed by atoms with Crippen LogP contribution in [0.2, 0.25) is 0 Å². The van der Waals surface area contributed by atoms with Crippen LogP contribution in [0.1, 0.15) is 17.5 Å². The van der Waals surface area contributed by atoms with Crippen molar-refractivity contribution in [3.05, 3.63) is 71.8 Å². The average molecular weight is 360 g/mol. The lowest BCUT2D eigenvalue weighted by Crippen LogP contribution is -2.24. The van der Waals surface area contributed by atoms with Crippen molar-refractivity contribution in [1.82, 2.24) is 0 Å². The van der Waals surface area contributed by atoms with E-state index in [0.717, 1.165) is 11.1 Å². The van der Waals surface area contributed by atoms with Gasteiger partial charge in [0.15, 0.2) is 0 Å². The molecule has 4 N–H and O–H groups in total. The summed E-state index contributed by atoms with van der Waals surface area (Å²) < 4.78 is 0. The molecule has 0 fully saturated rings. The maximum absolute atomic E-state index is 11.5. The van der Waals surface area contributed by atoms with Gasteiger partial charge in [0.25, 0.3) is 0 Å². The zero-order valence-corrected chi connectivity index (χ0v) is 14.8. The molecule has 0 aliphatic carbocycles. The minimum atomic E-state index is -3.72. The highest BCUT2D eigenvalue weighted by atomic mass is 31.2. The Morgan fingerprint density at radius 3 is 2.00 bits per heavy atom. The van der Waals surface area contributed by atoms with Gasteiger partial charge < -0.3 is 5.11 Å². The molecule has 1 atom stereocenters. The second-order valence-electron chi connectivity index (χ2n) is 6.07. The van der Waals surface area contributed by atoms with Gasteiger partial charge in [-0.15, -0.1) is 0 Å². The summed E-state index contributed by atoms with van der Waals surface area (Å²) in [5, 5.41) is 17.4. The van der Waals surface area contributed by atoms with Crippen LogP contribution in [0.5, 0.6) is 0 Å². The third-order valence-corrected chi connectivity index (χ3v) is 6.11. The van der Waals surface area contributed by atoms with E-state index in [9.17, 15) is 19.7 Å². The third-order valence-electron chi connectivity index (χ3n) is 4.07. The second-order valence-corrected chi connectivity index (χ2v) is 8.44. The molecule has 0 saturated carbocycles. The van der Waals surface area contributed by atoms with E-state index in [1.165, 1.54) is 0 Å². The lowest BCUT2D eigenvalue weighted by Gasteiger charge is -2.18. The number of rotatable bonds is 9. The zero-order chi connectivity index (χ0) is 18.3. The fourth-order valence-corrected chi connectivity index (χ4v) is 4.22. The molecular formula is C19H23NO4P+. The molecule has 0 radical (unpaired) electrons. The predicted molar refractivity (Wildman–Crippen MR) is 100.0 cm³/mol. The molecule has 0 heterocycles. The molecular weight excluding hydrogens is 337 g/mol. The molecule has 0 aliphatic heterocycles. The summed E-state index contributed by atoms with van der Waals surface area (Å²) in [6.07, 6.45) is 0.650. The summed E-state index contributed by atoms with van der Waals surface area (Å²) >= 11 is 0. The number of aliphatic carboxylic acids is 1. The number of benzene rings is 2. The molecule has 0 aliphatic rings. The van der Waals surface area contributed by atoms with Crippen LogP contribution in [0, 0.1) is 11.3 Å². The zero-order valence-electron chi connectivity index (χ0n) is 13.9. The highest BCUT2D eigenvalue weighted by Gasteiger charge is 2.44. The molecule has 0 saturated heterocycles. The van der Waals surface area contributed by atoms with E-state index in [2.05, 4.69) is 0 Å². The van der Waals surface area contributed by atoms with Crippen molar-refractivity contribution in [1.29, 1.82) is 5.41 Å². The van der Waals surface area contributed by atoms with Crippen molar-refractivity contribution in [3.8, 4) is 0 Å². The van der Waals surface area contributed by atoms with Crippen molar-refractivity contribution in [3.63, 3.8) is 0 Å². The van der Waals surface area contributed by atoms with Crippen LogP contribution in [0.15, 0.2) is 60.7 Å². The Hall–Kier alpha value is -2.07. The molecule has 2 rings (SSSR count). The topological polar surface area (TPSA) is 102 Å². The summed E-state index contributed by atoms with van der Waals surface area (Å²) in [6, 6.07) is 18.6. The third kappa shape index (κ3) is 6.05. The number of carboxylic acids is 1. The maximum Gasteiger partial charge on any atom is 0.314 e. The Labute approximate surface area is 148 Å². The molecule has 0 spiro atoms. The van der Waals surface area contributed by atoms with E-state index >= 15 is 0 Å². The fourth-order valence-electron chi connectivity index (χ4n) is 2.63. The Morgan fingerprint density at radius 2 is 1.48 bits per heavy atom. The van der Waals surface area contributed by atoms with Crippen LogP contribution in [0.4, 0.5) is 0 Å². The number of hydrogen-bond acceptors (Lipinski definition) is 4. The van der Waals surface area contributed by atoms with Crippen molar-refractivity contribution in [2.24, 2.45) is 5.92 Å². The monoisotopic (exact) mass is 360 g/mol. The summed E-state index contributed by atoms with van der Waals surface area (Å²) in [4.78, 5) is 32.2. The van der Waals surface area contributed by atoms with Gasteiger partial charge >= 0.3 is 13.7 Å². The van der Waals surface area contributed by atoms with Crippen LogP contribution >= 0.6 is 7.72 Å². The minimum absolute atomic E-state index is 0.157. The lowest BCUT2D eigenvalue weighted by molar-refractivity contribution is -0.141. The van der Waals surface area contributed by atoms with Crippen molar-refractivity contribution >= 4 is 19.1 Å². The van der Waals surface area contributed by atoms with Gasteiger partial charge in [0.1, 0.15) is 6.16 Å². The molecule has 0 bridgehead atoms. The van der Waals surface area contributed by atoms with Gasteiger partial charge in [0.05, 0.1) is 5.92 Å². The average Bonchev–Trinajstić information content (AvgIpc) is 2.60. The van der Waals surface area contributed by atoms with Gasteiger partial charge in [-0.05, 0) is 24.0 Å². The first-order valence-electron chi connectivity index (χ1n) is 8.10. The first-order chi connectivity index (χ1) is 11.9. The van der Waals surface area contributed by atoms with Crippen molar-refractivity contribution in [2.75, 3.05) is 6.16 Å². The molecule has 0 aromatic heterocycles. The maximum atomic E-state index is 11.5. The molecule has 2 aromatic rings. The fraction of sp³-hybridized carbons (Fsp3) is 0.263. The van der Waals surface area contributed by atoms with Gasteiger partial charge in [-0.2, -0.15) is 0 Å². The Bertz CT molecular complexity index is 704. The summed E-state index contributed by atoms with van der Waals surface area (Å²) in [6.45, 7) is 0. The van der Waals surface area contributed by atoms with E-state index < -0.39 is 19.6 Å². The molecule has 6 heteroatoms. The van der Waals surface area contributed by atoms with Gasteiger partial charge in [-0.3, -0.25) is 10.2 Å². The van der Waals surface area contributed by atoms with Gasteiger partial charge in [-0.25, -0.2) is 9.79 Å². The van der Waals surface area contributed by atoms with Gasteiger partial charge in [0.2, 0.25) is 5.45 Å². The Balaban J connectivity index is 1.98. The van der Waals surface area contributed by atoms with Crippen LogP contribution < -0.4 is 0 Å². The largest absolute Gasteiger partial charge is 0.481 e. The number of carbonyl (C=O) groups is 1. The summed E-state index contributed by atoms with van der Waals surface area (Å²) in [7, 11) is -3.72. The van der Waals surface area contributed by atoms with Crippen LogP contribution in [0.3, 0.4) is 0 Å². The normalized spacial score (nSPS) is 12.6. The molecule has 132 valence electrons. The quantitative estimate of drug-likeness (QED) is 0.407. The molecule has 1 unspecified atom stereocenters. The van der Waals surface area contributed by atoms with Gasteiger partial charge in [0, 0.05) is 6.42 Å². The van der Waals surface area contributed by atoms with E-state index in [4.69, 9.17) is 5.41 Å². The van der Waals surface area contributed by atoms with Crippen LogP contribution in [-0.2, 0) is 17.6 Å². The molecule has 0 amide bonds. The molecule has 25 heavy (non-hydrogen) atoms. The first-order valence-corrected chi connectivity index (χ1v) is 9.98. The predicted octanol–water partition coefficient (Wildman–Crippen LogP) is 3.37. The second kappa shape index (κ2) is 8.86. The highest BCUT2D eigenvalue weighted by Crippen LogP contribution is 2.54. The van der Waals surface area contributed by atoms with Crippen LogP contribution in [0.25, 0.3) is 0 Å². The van der Waals surface area contributed by atoms with Crippen LogP contribution in [-0.4, -0.2) is 32.5 Å². The smallest absolute Gasteiger partial charge is 0.314 e. The minimum Gasteiger partial charge on any atom is -0.481 e. The Kier molecular flexibility index (Phi) is 6.82. The van der Waals surface area contributed by atoms with E-state index in [1.54, 1.807) is 0 Å². The lowest BCUT2D eigenvalue weighted by atomic mass is 10.0. The number of aryl methyl sites for hydroxylation is 1. The first kappa shape index (κ1) is 19.3. The molecule has 5 nitrogen and oxygen atoms in total. The van der Waals surface area contributed by atoms with Gasteiger partial charge in [-0.1, -0.05) is 60.7 Å². The van der Waals surface area contributed by atoms with E-state index in [1.807, 2.05) is 60.7 Å². The number of carboxylic acid groups (broad SMARTS) is 1. The van der Waals surface area contributed by atoms with Crippen molar-refractivity contribution in [2.45, 2.75) is 19.3 Å². The van der Waals surface area contributed by atoms with E-state index in [-0.39, 0.29) is 24.5 Å². The molecule has 2 aromatic carbocycles. The number of hydrogen-bond donors (Lipinski definition) is 4. The summed E-state index contributed by atoms with van der Waals surface area (Å²) in [5.41, 5.74) is 1.67. The van der Waals surface area contributed by atoms with Crippen molar-refractivity contribution < 1.29 is 19.7 Å². The highest BCUT2D eigenvalue weighted by molar-refractivity contribution is 7.81. The SMILES string of the molecule is N=C(CCc1ccccc1)[P+](O)(O)CC(Cc1ccccc1)C(=O)O. The standard InChI is InChI=1S/C19H22NO4P/c20-18(12-11-15-7-3-1-4-8-15)25(23,24)14-17(19(21)22)13-16-9-5-2-6-10-16/h1-10,17,20,23-24H,11-14H2/p+1. The van der Waals surface area contributed by atoms with E-state index in [0.29, 0.717) is 6.42 Å². The number of nitrogens with one attached hydrogen (secondary N) is 1. The summed E-state index contributed by atoms with van der Waals surface area (Å²) in [5.74, 6) is -2.00. The Morgan fingerprint density at radius 1 is 0.960 bits per heavy atom.